The second-order valence-corrected chi connectivity index (χ2v) is 8.99. The third-order valence-corrected chi connectivity index (χ3v) is 6.18. The predicted octanol–water partition coefficient (Wildman–Crippen LogP) is 5.66. The van der Waals surface area contributed by atoms with Crippen LogP contribution >= 0.6 is 23.2 Å². The van der Waals surface area contributed by atoms with E-state index < -0.39 is 11.9 Å². The number of carbonyl (C=O) groups is 1. The van der Waals surface area contributed by atoms with Crippen molar-refractivity contribution in [1.29, 1.82) is 0 Å². The molecule has 0 saturated heterocycles. The Morgan fingerprint density at radius 1 is 1.15 bits per heavy atom. The highest BCUT2D eigenvalue weighted by Crippen LogP contribution is 2.37. The van der Waals surface area contributed by atoms with E-state index in [0.29, 0.717) is 16.7 Å². The summed E-state index contributed by atoms with van der Waals surface area (Å²) in [5.41, 5.74) is 8.26. The molecule has 3 aromatic rings. The molecular formula is C25H26Cl2FN3O3. The van der Waals surface area contributed by atoms with Gasteiger partial charge in [0.25, 0.3) is 5.91 Å². The number of benzene rings is 2. The van der Waals surface area contributed by atoms with Gasteiger partial charge in [0.15, 0.2) is 11.6 Å². The Morgan fingerprint density at radius 2 is 1.82 bits per heavy atom. The van der Waals surface area contributed by atoms with Crippen LogP contribution in [-0.2, 0) is 0 Å². The molecule has 0 aliphatic rings. The average molecular weight is 506 g/mol. The fraction of sp³-hybridized carbons (Fsp3) is 0.280. The quantitative estimate of drug-likeness (QED) is 0.343. The second kappa shape index (κ2) is 11.0. The van der Waals surface area contributed by atoms with Gasteiger partial charge in [0.2, 0.25) is 0 Å². The first kappa shape index (κ1) is 25.7. The standard InChI is InChI=1S/C25H26Cl2FN3O3/c1-13(2)20(12-32)31-25(33)16-6-4-15(5-7-16)17-10-21(24(29)30-11-17)34-14(3)22-18(26)8-9-19(28)23(22)27/h4-11,13-14,20,32H,12H2,1-3H3,(H2,29,30)(H,31,33). The minimum absolute atomic E-state index is 0.104. The van der Waals surface area contributed by atoms with Crippen molar-refractivity contribution in [2.45, 2.75) is 32.9 Å². The van der Waals surface area contributed by atoms with E-state index in [9.17, 15) is 14.3 Å². The monoisotopic (exact) mass is 505 g/mol. The smallest absolute Gasteiger partial charge is 0.251 e. The summed E-state index contributed by atoms with van der Waals surface area (Å²) < 4.78 is 19.9. The summed E-state index contributed by atoms with van der Waals surface area (Å²) in [6.07, 6.45) is 0.895. The van der Waals surface area contributed by atoms with E-state index in [0.717, 1.165) is 5.56 Å². The normalized spacial score (nSPS) is 12.9. The molecular weight excluding hydrogens is 480 g/mol. The minimum atomic E-state index is -0.693. The number of anilines is 1. The predicted molar refractivity (Wildman–Crippen MR) is 133 cm³/mol. The first-order valence-corrected chi connectivity index (χ1v) is 11.5. The van der Waals surface area contributed by atoms with Crippen molar-refractivity contribution in [3.8, 4) is 16.9 Å². The van der Waals surface area contributed by atoms with Crippen molar-refractivity contribution in [2.75, 3.05) is 12.3 Å². The fourth-order valence-electron chi connectivity index (χ4n) is 3.36. The number of aromatic nitrogens is 1. The van der Waals surface area contributed by atoms with Crippen LogP contribution in [0.3, 0.4) is 0 Å². The van der Waals surface area contributed by atoms with Crippen LogP contribution in [0.5, 0.6) is 5.75 Å². The number of hydrogen-bond acceptors (Lipinski definition) is 5. The average Bonchev–Trinajstić information content (AvgIpc) is 2.81. The summed E-state index contributed by atoms with van der Waals surface area (Å²) in [7, 11) is 0. The van der Waals surface area contributed by atoms with E-state index in [4.69, 9.17) is 33.7 Å². The van der Waals surface area contributed by atoms with Gasteiger partial charge in [-0.1, -0.05) is 49.2 Å². The summed E-state index contributed by atoms with van der Waals surface area (Å²) in [5.74, 6) is -0.326. The molecule has 1 aromatic heterocycles. The lowest BCUT2D eigenvalue weighted by molar-refractivity contribution is 0.0897. The topological polar surface area (TPSA) is 97.5 Å². The van der Waals surface area contributed by atoms with Gasteiger partial charge in [-0.05, 0) is 48.7 Å². The second-order valence-electron chi connectivity index (χ2n) is 8.21. The van der Waals surface area contributed by atoms with Gasteiger partial charge in [-0.15, -0.1) is 0 Å². The maximum absolute atomic E-state index is 13.9. The van der Waals surface area contributed by atoms with Gasteiger partial charge >= 0.3 is 0 Å². The first-order valence-electron chi connectivity index (χ1n) is 10.7. The number of aliphatic hydroxyl groups is 1. The van der Waals surface area contributed by atoms with Crippen LogP contribution in [0.2, 0.25) is 10.0 Å². The van der Waals surface area contributed by atoms with Crippen LogP contribution in [-0.4, -0.2) is 28.6 Å². The molecule has 6 nitrogen and oxygen atoms in total. The molecule has 3 rings (SSSR count). The van der Waals surface area contributed by atoms with Gasteiger partial charge in [0, 0.05) is 27.9 Å². The Balaban J connectivity index is 1.81. The van der Waals surface area contributed by atoms with Crippen molar-refractivity contribution in [2.24, 2.45) is 5.92 Å². The van der Waals surface area contributed by atoms with Gasteiger partial charge < -0.3 is 20.9 Å². The number of hydrogen-bond donors (Lipinski definition) is 3. The van der Waals surface area contributed by atoms with Crippen molar-refractivity contribution in [1.82, 2.24) is 10.3 Å². The molecule has 1 heterocycles. The number of nitrogens with zero attached hydrogens (tertiary/aromatic N) is 1. The zero-order chi connectivity index (χ0) is 25.0. The lowest BCUT2D eigenvalue weighted by Crippen LogP contribution is -2.41. The van der Waals surface area contributed by atoms with Crippen LogP contribution in [0.1, 0.15) is 42.8 Å². The Labute approximate surface area is 207 Å². The van der Waals surface area contributed by atoms with Crippen LogP contribution in [0, 0.1) is 11.7 Å². The molecule has 180 valence electrons. The molecule has 2 aromatic carbocycles. The van der Waals surface area contributed by atoms with Crippen molar-refractivity contribution in [3.05, 3.63) is 75.7 Å². The largest absolute Gasteiger partial charge is 0.482 e. The van der Waals surface area contributed by atoms with E-state index in [2.05, 4.69) is 10.3 Å². The lowest BCUT2D eigenvalue weighted by atomic mass is 10.0. The Bertz CT molecular complexity index is 1170. The fourth-order valence-corrected chi connectivity index (χ4v) is 4.04. The van der Waals surface area contributed by atoms with E-state index in [1.807, 2.05) is 13.8 Å². The lowest BCUT2D eigenvalue weighted by Gasteiger charge is -2.20. The number of pyridine rings is 1. The highest BCUT2D eigenvalue weighted by atomic mass is 35.5. The zero-order valence-corrected chi connectivity index (χ0v) is 20.5. The molecule has 0 aliphatic heterocycles. The van der Waals surface area contributed by atoms with E-state index in [-0.39, 0.29) is 46.1 Å². The molecule has 9 heteroatoms. The number of aliphatic hydroxyl groups excluding tert-OH is 1. The Kier molecular flexibility index (Phi) is 8.36. The molecule has 0 spiro atoms. The third kappa shape index (κ3) is 5.78. The molecule has 2 unspecified atom stereocenters. The Morgan fingerprint density at radius 3 is 2.44 bits per heavy atom. The third-order valence-electron chi connectivity index (χ3n) is 5.47. The van der Waals surface area contributed by atoms with Crippen LogP contribution in [0.25, 0.3) is 11.1 Å². The van der Waals surface area contributed by atoms with Crippen LogP contribution in [0.4, 0.5) is 10.2 Å². The molecule has 0 bridgehead atoms. The number of rotatable bonds is 8. The number of nitrogens with two attached hydrogens (primary N) is 1. The molecule has 0 aliphatic carbocycles. The maximum atomic E-state index is 13.9. The summed E-state index contributed by atoms with van der Waals surface area (Å²) in [6.45, 7) is 5.40. The van der Waals surface area contributed by atoms with E-state index in [1.54, 1.807) is 43.5 Å². The molecule has 0 fully saturated rings. The van der Waals surface area contributed by atoms with Gasteiger partial charge in [-0.25, -0.2) is 9.37 Å². The number of amides is 1. The van der Waals surface area contributed by atoms with Crippen molar-refractivity contribution < 1.29 is 19.0 Å². The molecule has 1 amide bonds. The molecule has 34 heavy (non-hydrogen) atoms. The SMILES string of the molecule is CC(Oc1cc(-c2ccc(C(=O)NC(CO)C(C)C)cc2)cnc1N)c1c(Cl)ccc(F)c1Cl. The highest BCUT2D eigenvalue weighted by Gasteiger charge is 2.20. The maximum Gasteiger partial charge on any atom is 0.251 e. The number of ether oxygens (including phenoxy) is 1. The minimum Gasteiger partial charge on any atom is -0.482 e. The van der Waals surface area contributed by atoms with Crippen molar-refractivity contribution in [3.63, 3.8) is 0 Å². The number of halogens is 3. The summed E-state index contributed by atoms with van der Waals surface area (Å²) in [5, 5.41) is 12.4. The number of nitrogens with one attached hydrogen (secondary N) is 1. The zero-order valence-electron chi connectivity index (χ0n) is 19.0. The van der Waals surface area contributed by atoms with E-state index in [1.165, 1.54) is 12.1 Å². The molecule has 4 N–H and O–H groups in total. The number of nitrogen functional groups attached to an aromatic ring is 1. The number of carbonyl (C=O) groups excluding carboxylic acids is 1. The Hall–Kier alpha value is -2.87. The molecule has 0 radical (unpaired) electrons. The summed E-state index contributed by atoms with van der Waals surface area (Å²) in [6, 6.07) is 10.9. The van der Waals surface area contributed by atoms with Crippen molar-refractivity contribution >= 4 is 34.9 Å². The van der Waals surface area contributed by atoms with Gasteiger partial charge in [0.1, 0.15) is 11.9 Å². The summed E-state index contributed by atoms with van der Waals surface area (Å²) in [4.78, 5) is 16.7. The van der Waals surface area contributed by atoms with Crippen LogP contribution in [0.15, 0.2) is 48.7 Å². The van der Waals surface area contributed by atoms with Crippen LogP contribution < -0.4 is 15.8 Å². The van der Waals surface area contributed by atoms with Gasteiger partial charge in [-0.3, -0.25) is 4.79 Å². The molecule has 0 saturated carbocycles. The highest BCUT2D eigenvalue weighted by molar-refractivity contribution is 6.36. The summed E-state index contributed by atoms with van der Waals surface area (Å²) >= 11 is 12.3. The first-order chi connectivity index (χ1) is 16.1. The van der Waals surface area contributed by atoms with Gasteiger partial charge in [-0.2, -0.15) is 0 Å². The molecule has 2 atom stereocenters. The van der Waals surface area contributed by atoms with Gasteiger partial charge in [0.05, 0.1) is 17.7 Å². The van der Waals surface area contributed by atoms with E-state index >= 15 is 0 Å².